The van der Waals surface area contributed by atoms with Crippen LogP contribution in [0.15, 0.2) is 22.7 Å². The molecule has 118 valence electrons. The first kappa shape index (κ1) is 16.8. The zero-order valence-corrected chi connectivity index (χ0v) is 14.8. The smallest absolute Gasteiger partial charge is 0.120 e. The summed E-state index contributed by atoms with van der Waals surface area (Å²) >= 11 is 3.70. The van der Waals surface area contributed by atoms with Gasteiger partial charge in [-0.1, -0.05) is 35.8 Å². The number of rotatable bonds is 7. The Morgan fingerprint density at radius 3 is 2.81 bits per heavy atom. The molecule has 1 aromatic carbocycles. The van der Waals surface area contributed by atoms with Gasteiger partial charge in [0, 0.05) is 11.1 Å². The molecule has 1 aliphatic heterocycles. The molecular weight excluding hydrogens is 330 g/mol. The van der Waals surface area contributed by atoms with Gasteiger partial charge in [0.15, 0.2) is 0 Å². The average Bonchev–Trinajstić information content (AvgIpc) is 2.88. The van der Waals surface area contributed by atoms with E-state index in [9.17, 15) is 0 Å². The fraction of sp³-hybridized carbons (Fsp3) is 0.647. The van der Waals surface area contributed by atoms with E-state index in [0.717, 1.165) is 36.2 Å². The van der Waals surface area contributed by atoms with E-state index in [4.69, 9.17) is 9.47 Å². The lowest BCUT2D eigenvalue weighted by Gasteiger charge is -2.28. The van der Waals surface area contributed by atoms with Gasteiger partial charge in [-0.15, -0.1) is 0 Å². The predicted molar refractivity (Wildman–Crippen MR) is 89.9 cm³/mol. The Labute approximate surface area is 136 Å². The van der Waals surface area contributed by atoms with Crippen LogP contribution in [0, 0.1) is 5.92 Å². The molecule has 1 aliphatic rings. The van der Waals surface area contributed by atoms with Crippen LogP contribution in [0.4, 0.5) is 0 Å². The third-order valence-corrected chi connectivity index (χ3v) is 4.69. The van der Waals surface area contributed by atoms with Crippen molar-refractivity contribution in [3.05, 3.63) is 28.2 Å². The molecule has 0 bridgehead atoms. The van der Waals surface area contributed by atoms with Gasteiger partial charge in [0.05, 0.1) is 18.8 Å². The first-order chi connectivity index (χ1) is 10.2. The number of hydrogen-bond acceptors (Lipinski definition) is 3. The molecule has 0 amide bonds. The number of ether oxygens (including phenoxy) is 2. The predicted octanol–water partition coefficient (Wildman–Crippen LogP) is 4.31. The van der Waals surface area contributed by atoms with Crippen molar-refractivity contribution in [3.8, 4) is 5.75 Å². The van der Waals surface area contributed by atoms with Crippen molar-refractivity contribution in [1.29, 1.82) is 0 Å². The number of benzene rings is 1. The van der Waals surface area contributed by atoms with Gasteiger partial charge in [-0.3, -0.25) is 0 Å². The molecule has 3 nitrogen and oxygen atoms in total. The van der Waals surface area contributed by atoms with E-state index in [1.165, 1.54) is 5.56 Å². The van der Waals surface area contributed by atoms with Crippen molar-refractivity contribution in [2.75, 3.05) is 19.8 Å². The van der Waals surface area contributed by atoms with E-state index in [1.54, 1.807) is 0 Å². The maximum atomic E-state index is 6.00. The van der Waals surface area contributed by atoms with E-state index in [-0.39, 0.29) is 12.1 Å². The third-order valence-electron chi connectivity index (χ3n) is 4.01. The van der Waals surface area contributed by atoms with Crippen LogP contribution in [0.3, 0.4) is 0 Å². The molecule has 0 spiro atoms. The topological polar surface area (TPSA) is 30.5 Å². The molecule has 4 heteroatoms. The highest BCUT2D eigenvalue weighted by molar-refractivity contribution is 9.10. The molecule has 1 fully saturated rings. The van der Waals surface area contributed by atoms with Crippen LogP contribution in [-0.2, 0) is 4.74 Å². The van der Waals surface area contributed by atoms with E-state index >= 15 is 0 Å². The molecule has 3 unspecified atom stereocenters. The summed E-state index contributed by atoms with van der Waals surface area (Å²) in [5, 5.41) is 3.65. The Balaban J connectivity index is 2.23. The lowest BCUT2D eigenvalue weighted by molar-refractivity contribution is 0.0605. The highest BCUT2D eigenvalue weighted by Crippen LogP contribution is 2.36. The van der Waals surface area contributed by atoms with E-state index < -0.39 is 0 Å². The second-order valence-corrected chi connectivity index (χ2v) is 6.50. The van der Waals surface area contributed by atoms with Crippen molar-refractivity contribution in [3.63, 3.8) is 0 Å². The lowest BCUT2D eigenvalue weighted by Crippen LogP contribution is -2.35. The van der Waals surface area contributed by atoms with Gasteiger partial charge < -0.3 is 14.8 Å². The van der Waals surface area contributed by atoms with Gasteiger partial charge in [0.1, 0.15) is 5.75 Å². The summed E-state index contributed by atoms with van der Waals surface area (Å²) in [7, 11) is 0. The molecule has 0 saturated carbocycles. The van der Waals surface area contributed by atoms with Crippen molar-refractivity contribution < 1.29 is 9.47 Å². The minimum absolute atomic E-state index is 0.229. The fourth-order valence-electron chi connectivity index (χ4n) is 2.86. The largest absolute Gasteiger partial charge is 0.494 e. The van der Waals surface area contributed by atoms with E-state index in [0.29, 0.717) is 12.5 Å². The Morgan fingerprint density at radius 2 is 2.24 bits per heavy atom. The SMILES string of the molecule is CCCNC(c1ccc(OCC)cc1Br)C1OCCC1C. The molecule has 1 aromatic rings. The van der Waals surface area contributed by atoms with Crippen molar-refractivity contribution in [2.24, 2.45) is 5.92 Å². The number of nitrogens with one attached hydrogen (secondary N) is 1. The van der Waals surface area contributed by atoms with E-state index in [1.807, 2.05) is 13.0 Å². The van der Waals surface area contributed by atoms with Gasteiger partial charge in [0.25, 0.3) is 0 Å². The normalized spacial score (nSPS) is 23.2. The minimum atomic E-state index is 0.229. The summed E-state index contributed by atoms with van der Waals surface area (Å²) in [4.78, 5) is 0. The van der Waals surface area contributed by atoms with Gasteiger partial charge in [-0.2, -0.15) is 0 Å². The van der Waals surface area contributed by atoms with Gasteiger partial charge in [-0.05, 0) is 49.9 Å². The van der Waals surface area contributed by atoms with Gasteiger partial charge in [-0.25, -0.2) is 0 Å². The second kappa shape index (κ2) is 8.16. The third kappa shape index (κ3) is 4.21. The Kier molecular flexibility index (Phi) is 6.52. The summed E-state index contributed by atoms with van der Waals surface area (Å²) in [5.74, 6) is 1.49. The Bertz CT molecular complexity index is 452. The highest BCUT2D eigenvalue weighted by Gasteiger charge is 2.33. The fourth-order valence-corrected chi connectivity index (χ4v) is 3.47. The standard InChI is InChI=1S/C17H26BrNO2/c1-4-9-19-16(17-12(3)8-10-21-17)14-7-6-13(20-5-2)11-15(14)18/h6-7,11-12,16-17,19H,4-5,8-10H2,1-3H3. The zero-order valence-electron chi connectivity index (χ0n) is 13.2. The molecule has 2 rings (SSSR count). The molecule has 0 aliphatic carbocycles. The summed E-state index contributed by atoms with van der Waals surface area (Å²) < 4.78 is 12.7. The van der Waals surface area contributed by atoms with Crippen LogP contribution >= 0.6 is 15.9 Å². The maximum Gasteiger partial charge on any atom is 0.120 e. The average molecular weight is 356 g/mol. The lowest BCUT2D eigenvalue weighted by atomic mass is 9.92. The number of halogens is 1. The molecule has 0 radical (unpaired) electrons. The molecule has 1 saturated heterocycles. The Morgan fingerprint density at radius 1 is 1.43 bits per heavy atom. The van der Waals surface area contributed by atoms with Crippen molar-refractivity contribution in [1.82, 2.24) is 5.32 Å². The van der Waals surface area contributed by atoms with Crippen LogP contribution in [0.1, 0.15) is 45.2 Å². The number of hydrogen-bond donors (Lipinski definition) is 1. The van der Waals surface area contributed by atoms with Crippen LogP contribution in [0.2, 0.25) is 0 Å². The minimum Gasteiger partial charge on any atom is -0.494 e. The quantitative estimate of drug-likeness (QED) is 0.790. The highest BCUT2D eigenvalue weighted by atomic mass is 79.9. The van der Waals surface area contributed by atoms with Crippen LogP contribution in [0.5, 0.6) is 5.75 Å². The summed E-state index contributed by atoms with van der Waals surface area (Å²) in [6.45, 7) is 9.02. The molecular formula is C17H26BrNO2. The van der Waals surface area contributed by atoms with Gasteiger partial charge in [0.2, 0.25) is 0 Å². The molecule has 0 aromatic heterocycles. The second-order valence-electron chi connectivity index (χ2n) is 5.65. The summed E-state index contributed by atoms with van der Waals surface area (Å²) in [6, 6.07) is 6.48. The van der Waals surface area contributed by atoms with Crippen LogP contribution < -0.4 is 10.1 Å². The van der Waals surface area contributed by atoms with Crippen LogP contribution in [0.25, 0.3) is 0 Å². The first-order valence-corrected chi connectivity index (χ1v) is 8.73. The summed E-state index contributed by atoms with van der Waals surface area (Å²) in [5.41, 5.74) is 1.26. The first-order valence-electron chi connectivity index (χ1n) is 7.94. The molecule has 3 atom stereocenters. The van der Waals surface area contributed by atoms with Crippen LogP contribution in [-0.4, -0.2) is 25.9 Å². The van der Waals surface area contributed by atoms with Crippen molar-refractivity contribution >= 4 is 15.9 Å². The molecule has 1 N–H and O–H groups in total. The Hall–Kier alpha value is -0.580. The zero-order chi connectivity index (χ0) is 15.2. The van der Waals surface area contributed by atoms with Crippen molar-refractivity contribution in [2.45, 2.75) is 45.8 Å². The molecule has 21 heavy (non-hydrogen) atoms. The van der Waals surface area contributed by atoms with E-state index in [2.05, 4.69) is 47.2 Å². The summed E-state index contributed by atoms with van der Waals surface area (Å²) in [6.07, 6.45) is 2.50. The molecule has 1 heterocycles. The monoisotopic (exact) mass is 355 g/mol. The van der Waals surface area contributed by atoms with Gasteiger partial charge >= 0.3 is 0 Å². The maximum absolute atomic E-state index is 6.00.